The number of hydrogen-bond donors (Lipinski definition) is 3. The summed E-state index contributed by atoms with van der Waals surface area (Å²) in [6, 6.07) is 9.39. The topological polar surface area (TPSA) is 152 Å². The Bertz CT molecular complexity index is 1050. The lowest BCUT2D eigenvalue weighted by Crippen LogP contribution is -2.55. The van der Waals surface area contributed by atoms with Crippen molar-refractivity contribution in [3.63, 3.8) is 0 Å². The summed E-state index contributed by atoms with van der Waals surface area (Å²) in [6.45, 7) is 17.2. The third kappa shape index (κ3) is 11.0. The molecule has 0 bridgehead atoms. The minimum atomic E-state index is -2.92. The van der Waals surface area contributed by atoms with E-state index in [1.807, 2.05) is 78.8 Å². The summed E-state index contributed by atoms with van der Waals surface area (Å²) in [5.74, 6) is -5.10. The van der Waals surface area contributed by atoms with Crippen molar-refractivity contribution in [1.82, 2.24) is 5.32 Å². The van der Waals surface area contributed by atoms with Crippen LogP contribution in [0.1, 0.15) is 75.2 Å². The third-order valence-corrected chi connectivity index (χ3v) is 11.4. The van der Waals surface area contributed by atoms with Crippen molar-refractivity contribution < 1.29 is 42.7 Å². The first kappa shape index (κ1) is 41.2. The highest BCUT2D eigenvalue weighted by Crippen LogP contribution is 2.38. The molecule has 0 spiro atoms. The Kier molecular flexibility index (Phi) is 17.1. The largest absolute Gasteiger partial charge is 0.520 e. The number of carboxylic acids is 2. The number of nitrogens with zero attached hydrogens (tertiary/aromatic N) is 1. The fraction of sp³-hybridized carbons (Fsp3) is 0.688. The summed E-state index contributed by atoms with van der Waals surface area (Å²) in [5.41, 5.74) is -0.113. The summed E-state index contributed by atoms with van der Waals surface area (Å²) in [6.07, 6.45) is 1.46. The van der Waals surface area contributed by atoms with Gasteiger partial charge in [-0.25, -0.2) is 0 Å². The zero-order chi connectivity index (χ0) is 34.5. The Morgan fingerprint density at radius 3 is 1.55 bits per heavy atom. The van der Waals surface area contributed by atoms with Gasteiger partial charge in [0.15, 0.2) is 0 Å². The van der Waals surface area contributed by atoms with E-state index in [9.17, 15) is 29.4 Å². The van der Waals surface area contributed by atoms with Crippen LogP contribution >= 0.6 is 0 Å². The molecular weight excluding hydrogens is 584 g/mol. The van der Waals surface area contributed by atoms with Crippen LogP contribution in [-0.4, -0.2) is 76.8 Å². The average Bonchev–Trinajstić information content (AvgIpc) is 2.98. The number of aliphatic carboxylic acids is 2. The van der Waals surface area contributed by atoms with Crippen molar-refractivity contribution in [2.24, 2.45) is 34.5 Å². The predicted molar refractivity (Wildman–Crippen MR) is 173 cm³/mol. The van der Waals surface area contributed by atoms with Gasteiger partial charge >= 0.3 is 20.7 Å². The number of para-hydroxylation sites is 1. The fourth-order valence-electron chi connectivity index (χ4n) is 5.33. The molecule has 252 valence electrons. The Morgan fingerprint density at radius 2 is 1.20 bits per heavy atom. The third-order valence-electron chi connectivity index (χ3n) is 8.90. The maximum atomic E-state index is 12.8. The molecule has 4 atom stereocenters. The molecule has 0 aliphatic carbocycles. The van der Waals surface area contributed by atoms with Crippen LogP contribution in [0.4, 0.5) is 5.69 Å². The Hall–Kier alpha value is -2.80. The minimum absolute atomic E-state index is 0.0958. The molecule has 0 saturated heterocycles. The highest BCUT2D eigenvalue weighted by molar-refractivity contribution is 6.61. The molecule has 44 heavy (non-hydrogen) atoms. The van der Waals surface area contributed by atoms with E-state index >= 15 is 0 Å². The molecule has 4 unspecified atom stereocenters. The number of rotatable bonds is 17. The standard InChI is InChI=1S/C18H27NO3.C14H29NO6Si/c1-6-18(4,5)15(17(21)22)13(3)16(20)19(7-2)14-11-9-8-10-12-14;1-8-14(3,4)11(13(17)18)10(2)12(16)15-9-22(19-5,20-6)21-7/h8-13,15H,6-7H2,1-5H3,(H,21,22);10-11H,8-9H2,1-7H3,(H,15,16)(H,17,18). The van der Waals surface area contributed by atoms with Crippen molar-refractivity contribution in [2.75, 3.05) is 38.9 Å². The van der Waals surface area contributed by atoms with Gasteiger partial charge < -0.3 is 33.7 Å². The maximum Gasteiger partial charge on any atom is 0.520 e. The summed E-state index contributed by atoms with van der Waals surface area (Å²) in [7, 11) is 1.44. The van der Waals surface area contributed by atoms with Crippen LogP contribution in [0.3, 0.4) is 0 Å². The second kappa shape index (κ2) is 18.2. The molecule has 12 heteroatoms. The van der Waals surface area contributed by atoms with Crippen LogP contribution in [0.2, 0.25) is 0 Å². The van der Waals surface area contributed by atoms with E-state index in [1.54, 1.807) is 18.7 Å². The van der Waals surface area contributed by atoms with Crippen LogP contribution in [-0.2, 0) is 32.5 Å². The lowest BCUT2D eigenvalue weighted by Gasteiger charge is -2.36. The normalized spacial score (nSPS) is 14.7. The van der Waals surface area contributed by atoms with E-state index in [0.717, 1.165) is 5.69 Å². The lowest BCUT2D eigenvalue weighted by molar-refractivity contribution is -0.152. The van der Waals surface area contributed by atoms with Crippen molar-refractivity contribution in [3.8, 4) is 0 Å². The number of carboxylic acid groups (broad SMARTS) is 2. The van der Waals surface area contributed by atoms with Gasteiger partial charge in [0, 0.05) is 45.4 Å². The summed E-state index contributed by atoms with van der Waals surface area (Å²) < 4.78 is 15.7. The predicted octanol–water partition coefficient (Wildman–Crippen LogP) is 5.11. The first-order chi connectivity index (χ1) is 20.4. The summed E-state index contributed by atoms with van der Waals surface area (Å²) >= 11 is 0. The number of amides is 2. The molecule has 0 fully saturated rings. The monoisotopic (exact) mass is 640 g/mol. The first-order valence-corrected chi connectivity index (χ1v) is 17.0. The van der Waals surface area contributed by atoms with E-state index in [2.05, 4.69) is 5.32 Å². The maximum absolute atomic E-state index is 12.8. The first-order valence-electron chi connectivity index (χ1n) is 15.1. The highest BCUT2D eigenvalue weighted by Gasteiger charge is 2.44. The number of benzene rings is 1. The zero-order valence-corrected chi connectivity index (χ0v) is 29.7. The Morgan fingerprint density at radius 1 is 0.795 bits per heavy atom. The second-order valence-electron chi connectivity index (χ2n) is 12.3. The van der Waals surface area contributed by atoms with E-state index in [4.69, 9.17) is 13.3 Å². The van der Waals surface area contributed by atoms with Gasteiger partial charge in [-0.15, -0.1) is 0 Å². The van der Waals surface area contributed by atoms with Gasteiger partial charge in [-0.1, -0.05) is 86.4 Å². The lowest BCUT2D eigenvalue weighted by atomic mass is 9.70. The molecule has 2 amide bonds. The van der Waals surface area contributed by atoms with Crippen molar-refractivity contribution in [2.45, 2.75) is 75.2 Å². The number of hydrogen-bond acceptors (Lipinski definition) is 7. The van der Waals surface area contributed by atoms with E-state index < -0.39 is 55.2 Å². The average molecular weight is 641 g/mol. The molecule has 1 aromatic carbocycles. The van der Waals surface area contributed by atoms with E-state index in [-0.39, 0.29) is 18.0 Å². The van der Waals surface area contributed by atoms with Crippen LogP contribution in [0.25, 0.3) is 0 Å². The van der Waals surface area contributed by atoms with Gasteiger partial charge in [-0.2, -0.15) is 0 Å². The van der Waals surface area contributed by atoms with Gasteiger partial charge in [-0.05, 0) is 29.9 Å². The second-order valence-corrected chi connectivity index (χ2v) is 15.3. The van der Waals surface area contributed by atoms with Crippen molar-refractivity contribution >= 4 is 38.2 Å². The Balaban J connectivity index is 0.000000840. The SMILES string of the molecule is CCC(C)(C)C(C(=O)O)C(C)C(=O)NC[Si](OC)(OC)OC.CCN(C(=O)C(C)C(C(=O)O)C(C)(C)CC)c1ccccc1. The van der Waals surface area contributed by atoms with E-state index in [1.165, 1.54) is 21.3 Å². The molecule has 0 radical (unpaired) electrons. The molecule has 0 heterocycles. The van der Waals surface area contributed by atoms with Gasteiger partial charge in [0.25, 0.3) is 0 Å². The zero-order valence-electron chi connectivity index (χ0n) is 28.7. The van der Waals surface area contributed by atoms with Gasteiger partial charge in [-0.3, -0.25) is 19.2 Å². The fourth-order valence-corrected chi connectivity index (χ4v) is 6.65. The Labute approximate surface area is 265 Å². The molecule has 1 rings (SSSR count). The molecule has 0 saturated carbocycles. The molecular formula is C32H56N2O9Si. The minimum Gasteiger partial charge on any atom is -0.481 e. The number of nitrogens with one attached hydrogen (secondary N) is 1. The number of carbonyl (C=O) groups is 4. The van der Waals surface area contributed by atoms with Crippen LogP contribution in [0.15, 0.2) is 30.3 Å². The smallest absolute Gasteiger partial charge is 0.481 e. The molecule has 1 aromatic rings. The highest BCUT2D eigenvalue weighted by atomic mass is 28.4. The van der Waals surface area contributed by atoms with Crippen LogP contribution in [0.5, 0.6) is 0 Å². The van der Waals surface area contributed by atoms with Crippen LogP contribution < -0.4 is 10.2 Å². The van der Waals surface area contributed by atoms with E-state index in [0.29, 0.717) is 19.4 Å². The number of anilines is 1. The van der Waals surface area contributed by atoms with Gasteiger partial charge in [0.05, 0.1) is 18.0 Å². The summed E-state index contributed by atoms with van der Waals surface area (Å²) in [4.78, 5) is 50.1. The molecule has 0 aliphatic rings. The van der Waals surface area contributed by atoms with Crippen LogP contribution in [0, 0.1) is 34.5 Å². The van der Waals surface area contributed by atoms with Crippen molar-refractivity contribution in [1.29, 1.82) is 0 Å². The van der Waals surface area contributed by atoms with Crippen molar-refractivity contribution in [3.05, 3.63) is 30.3 Å². The summed E-state index contributed by atoms with van der Waals surface area (Å²) in [5, 5.41) is 21.8. The molecule has 0 aromatic heterocycles. The van der Waals surface area contributed by atoms with Gasteiger partial charge in [0.1, 0.15) is 0 Å². The van der Waals surface area contributed by atoms with Gasteiger partial charge in [0.2, 0.25) is 11.8 Å². The quantitative estimate of drug-likeness (QED) is 0.197. The molecule has 3 N–H and O–H groups in total. The number of carbonyl (C=O) groups excluding carboxylic acids is 2. The molecule has 11 nitrogen and oxygen atoms in total. The molecule has 0 aliphatic heterocycles.